The molecule has 0 amide bonds. The minimum atomic E-state index is -0.323. The Balaban J connectivity index is 2.67. The number of halogens is 2. The van der Waals surface area contributed by atoms with Crippen molar-refractivity contribution < 1.29 is 4.52 Å². The Bertz CT molecular complexity index is 495. The van der Waals surface area contributed by atoms with Crippen LogP contribution in [-0.2, 0) is 0 Å². The number of hydrogen-bond acceptors (Lipinski definition) is 2. The molecule has 5 heteroatoms. The highest BCUT2D eigenvalue weighted by molar-refractivity contribution is 6.39. The third-order valence-electron chi connectivity index (χ3n) is 1.73. The van der Waals surface area contributed by atoms with Gasteiger partial charge in [0, 0.05) is 0 Å². The van der Waals surface area contributed by atoms with Gasteiger partial charge in [-0.05, 0) is 12.1 Å². The first-order chi connectivity index (χ1) is 6.68. The number of aromatic amines is 1. The van der Waals surface area contributed by atoms with Crippen LogP contribution >= 0.6 is 23.2 Å². The zero-order chi connectivity index (χ0) is 10.1. The Morgan fingerprint density at radius 3 is 2.36 bits per heavy atom. The van der Waals surface area contributed by atoms with E-state index in [0.29, 0.717) is 21.4 Å². The van der Waals surface area contributed by atoms with Crippen LogP contribution in [-0.4, -0.2) is 5.16 Å². The minimum Gasteiger partial charge on any atom is -0.378 e. The van der Waals surface area contributed by atoms with Gasteiger partial charge in [0.1, 0.15) is 0 Å². The minimum absolute atomic E-state index is 0.323. The van der Waals surface area contributed by atoms with Gasteiger partial charge in [-0.2, -0.15) is 5.16 Å². The fourth-order valence-corrected chi connectivity index (χ4v) is 1.72. The molecule has 0 aliphatic carbocycles. The van der Waals surface area contributed by atoms with E-state index < -0.39 is 0 Å². The van der Waals surface area contributed by atoms with Gasteiger partial charge < -0.3 is 4.52 Å². The summed E-state index contributed by atoms with van der Waals surface area (Å²) in [5.41, 5.74) is 0.199. The van der Waals surface area contributed by atoms with E-state index >= 15 is 0 Å². The number of benzene rings is 1. The van der Waals surface area contributed by atoms with E-state index in [-0.39, 0.29) is 5.56 Å². The van der Waals surface area contributed by atoms with Crippen molar-refractivity contribution in [1.29, 1.82) is 0 Å². The lowest BCUT2D eigenvalue weighted by Crippen LogP contribution is -1.92. The summed E-state index contributed by atoms with van der Waals surface area (Å²) >= 11 is 11.8. The molecule has 14 heavy (non-hydrogen) atoms. The van der Waals surface area contributed by atoms with Gasteiger partial charge >= 0.3 is 0 Å². The molecule has 3 nitrogen and oxygen atoms in total. The average Bonchev–Trinajstić information content (AvgIpc) is 2.51. The van der Waals surface area contributed by atoms with E-state index in [0.717, 1.165) is 0 Å². The Morgan fingerprint density at radius 1 is 1.21 bits per heavy atom. The molecule has 0 spiro atoms. The van der Waals surface area contributed by atoms with Gasteiger partial charge in [0.2, 0.25) is 0 Å². The van der Waals surface area contributed by atoms with E-state index in [1.807, 2.05) is 0 Å². The number of H-pyrrole nitrogens is 1. The van der Waals surface area contributed by atoms with Crippen molar-refractivity contribution in [1.82, 2.24) is 5.16 Å². The van der Waals surface area contributed by atoms with Gasteiger partial charge in [0.05, 0.1) is 21.7 Å². The molecule has 0 saturated heterocycles. The molecule has 0 saturated carbocycles. The van der Waals surface area contributed by atoms with E-state index in [1.165, 1.54) is 6.07 Å². The highest BCUT2D eigenvalue weighted by atomic mass is 35.5. The third kappa shape index (κ3) is 1.56. The zero-order valence-corrected chi connectivity index (χ0v) is 8.39. The van der Waals surface area contributed by atoms with Gasteiger partial charge in [-0.15, -0.1) is 0 Å². The van der Waals surface area contributed by atoms with Crippen LogP contribution in [0.15, 0.2) is 33.6 Å². The second kappa shape index (κ2) is 3.52. The smallest absolute Gasteiger partial charge is 0.280 e. The van der Waals surface area contributed by atoms with Gasteiger partial charge in [-0.3, -0.25) is 4.79 Å². The summed E-state index contributed by atoms with van der Waals surface area (Å²) in [5, 5.41) is 3.06. The first-order valence-electron chi connectivity index (χ1n) is 3.81. The number of aromatic nitrogens is 1. The summed E-state index contributed by atoms with van der Waals surface area (Å²) in [7, 11) is 0. The molecule has 0 unspecified atom stereocenters. The molecule has 2 rings (SSSR count). The molecule has 72 valence electrons. The lowest BCUT2D eigenvalue weighted by atomic mass is 10.2. The van der Waals surface area contributed by atoms with Crippen molar-refractivity contribution in [2.45, 2.75) is 0 Å². The molecular formula is C9H5Cl2NO2. The summed E-state index contributed by atoms with van der Waals surface area (Å²) in [5.74, 6) is 0.339. The second-order valence-electron chi connectivity index (χ2n) is 2.67. The van der Waals surface area contributed by atoms with Gasteiger partial charge in [0.15, 0.2) is 5.76 Å². The van der Waals surface area contributed by atoms with Crippen LogP contribution in [0.4, 0.5) is 0 Å². The summed E-state index contributed by atoms with van der Waals surface area (Å²) in [6.07, 6.45) is 0. The fraction of sp³-hybridized carbons (Fsp3) is 0. The molecule has 1 N–H and O–H groups in total. The van der Waals surface area contributed by atoms with Gasteiger partial charge in [0.25, 0.3) is 5.56 Å². The highest BCUT2D eigenvalue weighted by Crippen LogP contribution is 2.33. The maximum absolute atomic E-state index is 10.9. The zero-order valence-electron chi connectivity index (χ0n) is 6.88. The monoisotopic (exact) mass is 229 g/mol. The summed E-state index contributed by atoms with van der Waals surface area (Å²) < 4.78 is 4.91. The van der Waals surface area contributed by atoms with Crippen molar-refractivity contribution in [3.8, 4) is 11.3 Å². The summed E-state index contributed by atoms with van der Waals surface area (Å²) in [6.45, 7) is 0. The summed E-state index contributed by atoms with van der Waals surface area (Å²) in [4.78, 5) is 10.9. The Morgan fingerprint density at radius 2 is 1.86 bits per heavy atom. The average molecular weight is 230 g/mol. The van der Waals surface area contributed by atoms with Crippen molar-refractivity contribution >= 4 is 23.2 Å². The molecule has 0 aliphatic rings. The maximum Gasteiger partial charge on any atom is 0.280 e. The van der Waals surface area contributed by atoms with Crippen molar-refractivity contribution in [2.75, 3.05) is 0 Å². The molecule has 0 radical (unpaired) electrons. The second-order valence-corrected chi connectivity index (χ2v) is 3.49. The number of nitrogens with one attached hydrogen (secondary N) is 1. The standard InChI is InChI=1S/C9H5Cl2NO2/c10-5-2-1-3-6(11)9(5)7-4-8(13)12-14-7/h1-4H,(H,12,13). The van der Waals surface area contributed by atoms with Crippen LogP contribution in [0.5, 0.6) is 0 Å². The van der Waals surface area contributed by atoms with E-state index in [4.69, 9.17) is 27.7 Å². The van der Waals surface area contributed by atoms with Crippen LogP contribution < -0.4 is 5.56 Å². The number of rotatable bonds is 1. The largest absolute Gasteiger partial charge is 0.378 e. The molecule has 0 fully saturated rings. The normalized spacial score (nSPS) is 10.4. The van der Waals surface area contributed by atoms with E-state index in [1.54, 1.807) is 18.2 Å². The van der Waals surface area contributed by atoms with Crippen molar-refractivity contribution in [3.05, 3.63) is 44.7 Å². The highest BCUT2D eigenvalue weighted by Gasteiger charge is 2.11. The quantitative estimate of drug-likeness (QED) is 0.818. The van der Waals surface area contributed by atoms with E-state index in [9.17, 15) is 4.79 Å². The molecule has 0 aliphatic heterocycles. The first-order valence-corrected chi connectivity index (χ1v) is 4.57. The molecule has 1 aromatic heterocycles. The maximum atomic E-state index is 10.9. The predicted octanol–water partition coefficient (Wildman–Crippen LogP) is 2.94. The lowest BCUT2D eigenvalue weighted by molar-refractivity contribution is 0.426. The summed E-state index contributed by atoms with van der Waals surface area (Å²) in [6, 6.07) is 6.37. The van der Waals surface area contributed by atoms with Gasteiger partial charge in [-0.1, -0.05) is 29.3 Å². The topological polar surface area (TPSA) is 46.0 Å². The van der Waals surface area contributed by atoms with Crippen LogP contribution in [0.2, 0.25) is 10.0 Å². The van der Waals surface area contributed by atoms with Crippen LogP contribution in [0.25, 0.3) is 11.3 Å². The molecule has 0 bridgehead atoms. The first kappa shape index (κ1) is 9.37. The lowest BCUT2D eigenvalue weighted by Gasteiger charge is -2.01. The van der Waals surface area contributed by atoms with Crippen molar-refractivity contribution in [2.24, 2.45) is 0 Å². The number of hydrogen-bond donors (Lipinski definition) is 1. The Kier molecular flexibility index (Phi) is 2.35. The van der Waals surface area contributed by atoms with Crippen LogP contribution in [0.3, 0.4) is 0 Å². The SMILES string of the molecule is O=c1cc(-c2c(Cl)cccc2Cl)o[nH]1. The third-order valence-corrected chi connectivity index (χ3v) is 2.36. The molecule has 1 heterocycles. The molecule has 0 atom stereocenters. The van der Waals surface area contributed by atoms with E-state index in [2.05, 4.69) is 5.16 Å². The van der Waals surface area contributed by atoms with Crippen LogP contribution in [0.1, 0.15) is 0 Å². The van der Waals surface area contributed by atoms with Crippen LogP contribution in [0, 0.1) is 0 Å². The molecular weight excluding hydrogens is 225 g/mol. The molecule has 2 aromatic rings. The predicted molar refractivity (Wildman–Crippen MR) is 54.8 cm³/mol. The van der Waals surface area contributed by atoms with Gasteiger partial charge in [-0.25, -0.2) is 0 Å². The Labute approximate surface area is 89.2 Å². The Hall–Kier alpha value is -1.19. The fourth-order valence-electron chi connectivity index (χ4n) is 1.14. The van der Waals surface area contributed by atoms with Crippen molar-refractivity contribution in [3.63, 3.8) is 0 Å². The molecule has 1 aromatic carbocycles.